The topological polar surface area (TPSA) is 139 Å². The highest BCUT2D eigenvalue weighted by molar-refractivity contribution is 6.31. The monoisotopic (exact) mass is 620 g/mol. The maximum atomic E-state index is 12.8. The third kappa shape index (κ3) is 7.86. The molecule has 1 aliphatic rings. The zero-order valence-electron chi connectivity index (χ0n) is 24.6. The first kappa shape index (κ1) is 30.8. The molecule has 12 heteroatoms. The Morgan fingerprint density at radius 1 is 1.04 bits per heavy atom. The summed E-state index contributed by atoms with van der Waals surface area (Å²) in [4.78, 5) is 26.2. The molecule has 0 bridgehead atoms. The lowest BCUT2D eigenvalue weighted by Crippen LogP contribution is -2.44. The van der Waals surface area contributed by atoms with Crippen molar-refractivity contribution in [2.24, 2.45) is 0 Å². The number of rotatable bonds is 9. The number of amides is 1. The van der Waals surface area contributed by atoms with Crippen molar-refractivity contribution in [3.05, 3.63) is 94.6 Å². The molecule has 5 rings (SSSR count). The summed E-state index contributed by atoms with van der Waals surface area (Å²) < 4.78 is 11.6. The van der Waals surface area contributed by atoms with Gasteiger partial charge in [-0.25, -0.2) is 4.98 Å². The Morgan fingerprint density at radius 3 is 2.53 bits per heavy atom. The first-order chi connectivity index (χ1) is 21.8. The third-order valence-corrected chi connectivity index (χ3v) is 7.29. The van der Waals surface area contributed by atoms with Gasteiger partial charge in [-0.1, -0.05) is 29.8 Å². The summed E-state index contributed by atoms with van der Waals surface area (Å²) in [5.41, 5.74) is 3.14. The average molecular weight is 621 g/mol. The molecule has 0 unspecified atom stereocenters. The molecule has 0 spiro atoms. The Hall–Kier alpha value is -5.62. The second kappa shape index (κ2) is 14.2. The van der Waals surface area contributed by atoms with E-state index in [1.54, 1.807) is 55.6 Å². The van der Waals surface area contributed by atoms with E-state index in [4.69, 9.17) is 26.3 Å². The van der Waals surface area contributed by atoms with E-state index in [0.29, 0.717) is 34.0 Å². The van der Waals surface area contributed by atoms with Crippen LogP contribution in [0.1, 0.15) is 11.1 Å². The average Bonchev–Trinajstić information content (AvgIpc) is 3.06. The fraction of sp³-hybridized carbons (Fsp3) is 0.182. The number of carbonyl (C=O) groups is 1. The maximum absolute atomic E-state index is 12.8. The number of nitriles is 2. The maximum Gasteiger partial charge on any atom is 0.266 e. The number of hydrogen-bond acceptors (Lipinski definition) is 10. The molecule has 0 saturated carbocycles. The Kier molecular flexibility index (Phi) is 9.75. The van der Waals surface area contributed by atoms with E-state index in [0.717, 1.165) is 31.9 Å². The van der Waals surface area contributed by atoms with Crippen molar-refractivity contribution in [1.82, 2.24) is 14.9 Å². The lowest BCUT2D eigenvalue weighted by atomic mass is 10.1. The van der Waals surface area contributed by atoms with Gasteiger partial charge in [0.2, 0.25) is 11.8 Å². The van der Waals surface area contributed by atoms with Crippen LogP contribution in [0.25, 0.3) is 6.08 Å². The van der Waals surface area contributed by atoms with E-state index in [-0.39, 0.29) is 22.4 Å². The SMILES string of the molecule is COc1cc(N2CCN(C)CC2)ccc1Nc1ncc(Cl)c(Oc2cccc(NC(=O)/C(C#N)=C/c3ccc(C#N)cc3)c2)n1. The van der Waals surface area contributed by atoms with Crippen LogP contribution in [0.4, 0.5) is 23.0 Å². The number of anilines is 4. The van der Waals surface area contributed by atoms with Crippen molar-refractivity contribution < 1.29 is 14.3 Å². The Morgan fingerprint density at radius 2 is 1.82 bits per heavy atom. The number of methoxy groups -OCH3 is 1. The van der Waals surface area contributed by atoms with E-state index >= 15 is 0 Å². The lowest BCUT2D eigenvalue weighted by Gasteiger charge is -2.34. The molecule has 1 amide bonds. The summed E-state index contributed by atoms with van der Waals surface area (Å²) in [7, 11) is 3.73. The Bertz CT molecular complexity index is 1810. The van der Waals surface area contributed by atoms with Crippen molar-refractivity contribution in [3.8, 4) is 29.5 Å². The van der Waals surface area contributed by atoms with Crippen LogP contribution in [-0.4, -0.2) is 61.1 Å². The molecule has 226 valence electrons. The highest BCUT2D eigenvalue weighted by Gasteiger charge is 2.17. The van der Waals surface area contributed by atoms with E-state index in [2.05, 4.69) is 37.4 Å². The molecule has 1 aliphatic heterocycles. The molecule has 3 aromatic carbocycles. The van der Waals surface area contributed by atoms with Crippen LogP contribution in [-0.2, 0) is 4.79 Å². The zero-order chi connectivity index (χ0) is 31.8. The van der Waals surface area contributed by atoms with Crippen LogP contribution < -0.4 is 25.0 Å². The first-order valence-electron chi connectivity index (χ1n) is 14.0. The van der Waals surface area contributed by atoms with Gasteiger partial charge >= 0.3 is 0 Å². The molecule has 0 atom stereocenters. The number of carbonyl (C=O) groups excluding carboxylic acids is 1. The number of hydrogen-bond donors (Lipinski definition) is 2. The van der Waals surface area contributed by atoms with Crippen LogP contribution in [0.15, 0.2) is 78.5 Å². The molecular formula is C33H29ClN8O3. The predicted molar refractivity (Wildman–Crippen MR) is 173 cm³/mol. The number of piperazine rings is 1. The van der Waals surface area contributed by atoms with Gasteiger partial charge < -0.3 is 29.9 Å². The van der Waals surface area contributed by atoms with Gasteiger partial charge in [0, 0.05) is 49.7 Å². The normalized spacial score (nSPS) is 13.4. The molecule has 0 aliphatic carbocycles. The summed E-state index contributed by atoms with van der Waals surface area (Å²) in [5.74, 6) is 0.738. The molecule has 11 nitrogen and oxygen atoms in total. The van der Waals surface area contributed by atoms with Crippen LogP contribution in [0.3, 0.4) is 0 Å². The zero-order valence-corrected chi connectivity index (χ0v) is 25.4. The summed E-state index contributed by atoms with van der Waals surface area (Å²) >= 11 is 6.36. The summed E-state index contributed by atoms with van der Waals surface area (Å²) in [5, 5.41) is 24.6. The number of nitrogens with one attached hydrogen (secondary N) is 2. The van der Waals surface area contributed by atoms with Gasteiger partial charge in [0.05, 0.1) is 30.6 Å². The van der Waals surface area contributed by atoms with Crippen molar-refractivity contribution in [2.45, 2.75) is 0 Å². The third-order valence-electron chi connectivity index (χ3n) is 7.03. The molecule has 1 saturated heterocycles. The fourth-order valence-corrected chi connectivity index (χ4v) is 4.69. The van der Waals surface area contributed by atoms with E-state index < -0.39 is 5.91 Å². The summed E-state index contributed by atoms with van der Waals surface area (Å²) in [6.45, 7) is 3.87. The number of benzene rings is 3. The smallest absolute Gasteiger partial charge is 0.266 e. The molecule has 0 radical (unpaired) electrons. The minimum Gasteiger partial charge on any atom is -0.494 e. The summed E-state index contributed by atoms with van der Waals surface area (Å²) in [6.07, 6.45) is 2.87. The van der Waals surface area contributed by atoms with Gasteiger partial charge in [-0.3, -0.25) is 4.79 Å². The summed E-state index contributed by atoms with van der Waals surface area (Å²) in [6, 6.07) is 23.0. The molecule has 45 heavy (non-hydrogen) atoms. The van der Waals surface area contributed by atoms with Crippen molar-refractivity contribution >= 4 is 46.6 Å². The second-order valence-electron chi connectivity index (χ2n) is 10.1. The van der Waals surface area contributed by atoms with Gasteiger partial charge in [0.15, 0.2) is 0 Å². The minimum absolute atomic E-state index is 0.101. The molecule has 4 aromatic rings. The molecular weight excluding hydrogens is 592 g/mol. The highest BCUT2D eigenvalue weighted by Crippen LogP contribution is 2.34. The molecule has 2 N–H and O–H groups in total. The largest absolute Gasteiger partial charge is 0.494 e. The second-order valence-corrected chi connectivity index (χ2v) is 10.5. The van der Waals surface area contributed by atoms with Crippen molar-refractivity contribution in [2.75, 3.05) is 55.9 Å². The quantitative estimate of drug-likeness (QED) is 0.173. The van der Waals surface area contributed by atoms with E-state index in [9.17, 15) is 10.1 Å². The Balaban J connectivity index is 1.28. The van der Waals surface area contributed by atoms with Crippen LogP contribution in [0.5, 0.6) is 17.4 Å². The molecule has 1 aromatic heterocycles. The molecule has 2 heterocycles. The predicted octanol–water partition coefficient (Wildman–Crippen LogP) is 5.84. The number of halogens is 1. The fourth-order valence-electron chi connectivity index (χ4n) is 4.56. The number of likely N-dealkylation sites (N-methyl/N-ethyl adjacent to an activating group) is 1. The van der Waals surface area contributed by atoms with Crippen molar-refractivity contribution in [1.29, 1.82) is 10.5 Å². The highest BCUT2D eigenvalue weighted by atomic mass is 35.5. The van der Waals surface area contributed by atoms with E-state index in [1.165, 1.54) is 12.3 Å². The van der Waals surface area contributed by atoms with Crippen LogP contribution in [0, 0.1) is 22.7 Å². The number of nitrogens with zero attached hydrogens (tertiary/aromatic N) is 6. The lowest BCUT2D eigenvalue weighted by molar-refractivity contribution is -0.112. The first-order valence-corrected chi connectivity index (χ1v) is 14.4. The number of ether oxygens (including phenoxy) is 2. The number of aromatic nitrogens is 2. The van der Waals surface area contributed by atoms with Crippen LogP contribution >= 0.6 is 11.6 Å². The van der Waals surface area contributed by atoms with Gasteiger partial charge in [0.25, 0.3) is 5.91 Å². The minimum atomic E-state index is -0.599. The molecule has 1 fully saturated rings. The van der Waals surface area contributed by atoms with Gasteiger partial charge in [0.1, 0.15) is 28.2 Å². The van der Waals surface area contributed by atoms with Gasteiger partial charge in [-0.15, -0.1) is 0 Å². The Labute approximate surface area is 265 Å². The van der Waals surface area contributed by atoms with Gasteiger partial charge in [-0.2, -0.15) is 15.5 Å². The van der Waals surface area contributed by atoms with E-state index in [1.807, 2.05) is 30.3 Å². The van der Waals surface area contributed by atoms with Crippen molar-refractivity contribution in [3.63, 3.8) is 0 Å². The van der Waals surface area contributed by atoms with Crippen LogP contribution in [0.2, 0.25) is 5.02 Å². The van der Waals surface area contributed by atoms with Gasteiger partial charge in [-0.05, 0) is 55.1 Å². The standard InChI is InChI=1S/C33H29ClN8O3/c1-41-12-14-42(15-13-41)26-10-11-29(30(18-26)44-2)39-33-37-21-28(34)32(40-33)45-27-5-3-4-25(17-27)38-31(43)24(20-36)16-22-6-8-23(19-35)9-7-22/h3-11,16-18,21H,12-15H2,1-2H3,(H,38,43)(H,37,39,40)/b24-16+.